The van der Waals surface area contributed by atoms with Crippen molar-refractivity contribution in [3.05, 3.63) is 65.3 Å². The van der Waals surface area contributed by atoms with Crippen LogP contribution in [-0.2, 0) is 6.54 Å². The predicted octanol–water partition coefficient (Wildman–Crippen LogP) is 4.19. The molecule has 0 fully saturated rings. The number of Topliss-reactive ketones (excluding diaryl/α,β-unsaturated/α-hetero) is 1. The maximum Gasteiger partial charge on any atom is 0.182 e. The van der Waals surface area contributed by atoms with Crippen LogP contribution < -0.4 is 4.74 Å². The van der Waals surface area contributed by atoms with E-state index in [0.29, 0.717) is 10.6 Å². The van der Waals surface area contributed by atoms with Crippen LogP contribution in [0.4, 0.5) is 0 Å². The maximum absolute atomic E-state index is 12.3. The molecule has 0 saturated carbocycles. The molecule has 1 aromatic heterocycles. The molecule has 1 heterocycles. The molecule has 0 atom stereocenters. The molecular formula is C17H14ClNO2. The van der Waals surface area contributed by atoms with Crippen molar-refractivity contribution in [3.8, 4) is 5.75 Å². The van der Waals surface area contributed by atoms with E-state index < -0.39 is 0 Å². The van der Waals surface area contributed by atoms with Gasteiger partial charge < -0.3 is 9.30 Å². The highest BCUT2D eigenvalue weighted by Crippen LogP contribution is 2.22. The average molecular weight is 300 g/mol. The molecule has 2 aromatic carbocycles. The molecule has 3 nitrogen and oxygen atoms in total. The van der Waals surface area contributed by atoms with Crippen molar-refractivity contribution in [2.45, 2.75) is 6.54 Å². The van der Waals surface area contributed by atoms with Crippen LogP contribution in [0.1, 0.15) is 10.4 Å². The van der Waals surface area contributed by atoms with E-state index in [2.05, 4.69) is 0 Å². The first-order valence-electron chi connectivity index (χ1n) is 6.59. The number of ketones is 1. The van der Waals surface area contributed by atoms with E-state index in [-0.39, 0.29) is 12.3 Å². The molecule has 3 rings (SSSR count). The van der Waals surface area contributed by atoms with Gasteiger partial charge in [-0.3, -0.25) is 4.79 Å². The molecule has 0 amide bonds. The molecular weight excluding hydrogens is 286 g/mol. The summed E-state index contributed by atoms with van der Waals surface area (Å²) in [4.78, 5) is 12.3. The highest BCUT2D eigenvalue weighted by Gasteiger charge is 2.09. The first kappa shape index (κ1) is 13.7. The Labute approximate surface area is 127 Å². The number of rotatable bonds is 4. The lowest BCUT2D eigenvalue weighted by Gasteiger charge is -2.06. The Hall–Kier alpha value is -2.26. The van der Waals surface area contributed by atoms with E-state index in [1.807, 2.05) is 35.0 Å². The van der Waals surface area contributed by atoms with Gasteiger partial charge in [0.2, 0.25) is 0 Å². The van der Waals surface area contributed by atoms with Crippen molar-refractivity contribution in [1.29, 1.82) is 0 Å². The topological polar surface area (TPSA) is 31.2 Å². The number of aromatic nitrogens is 1. The first-order chi connectivity index (χ1) is 10.2. The molecule has 0 saturated heterocycles. The largest absolute Gasteiger partial charge is 0.497 e. The van der Waals surface area contributed by atoms with E-state index in [1.54, 1.807) is 31.4 Å². The minimum Gasteiger partial charge on any atom is -0.497 e. The second-order valence-electron chi connectivity index (χ2n) is 4.80. The van der Waals surface area contributed by atoms with Crippen molar-refractivity contribution in [3.63, 3.8) is 0 Å². The van der Waals surface area contributed by atoms with Gasteiger partial charge in [-0.1, -0.05) is 23.7 Å². The summed E-state index contributed by atoms with van der Waals surface area (Å²) in [6.45, 7) is 0.288. The summed E-state index contributed by atoms with van der Waals surface area (Å²) in [5, 5.41) is 1.62. The number of hydrogen-bond acceptors (Lipinski definition) is 2. The Kier molecular flexibility index (Phi) is 3.67. The number of carbonyl (C=O) groups is 1. The molecule has 0 N–H and O–H groups in total. The van der Waals surface area contributed by atoms with Crippen LogP contribution in [0.3, 0.4) is 0 Å². The fourth-order valence-corrected chi connectivity index (χ4v) is 2.54. The molecule has 3 aromatic rings. The van der Waals surface area contributed by atoms with Gasteiger partial charge >= 0.3 is 0 Å². The molecule has 0 unspecified atom stereocenters. The molecule has 0 spiro atoms. The molecule has 21 heavy (non-hydrogen) atoms. The smallest absolute Gasteiger partial charge is 0.182 e. The van der Waals surface area contributed by atoms with Crippen LogP contribution >= 0.6 is 11.6 Å². The predicted molar refractivity (Wildman–Crippen MR) is 84.3 cm³/mol. The highest BCUT2D eigenvalue weighted by atomic mass is 35.5. The van der Waals surface area contributed by atoms with Crippen LogP contribution in [0.15, 0.2) is 54.7 Å². The van der Waals surface area contributed by atoms with Gasteiger partial charge in [-0.2, -0.15) is 0 Å². The Morgan fingerprint density at radius 1 is 1.19 bits per heavy atom. The second kappa shape index (κ2) is 5.62. The average Bonchev–Trinajstić information content (AvgIpc) is 2.89. The Morgan fingerprint density at radius 2 is 2.05 bits per heavy atom. The van der Waals surface area contributed by atoms with E-state index in [9.17, 15) is 4.79 Å². The minimum atomic E-state index is 0.0332. The fraction of sp³-hybridized carbons (Fsp3) is 0.118. The first-order valence-corrected chi connectivity index (χ1v) is 6.97. The molecule has 0 radical (unpaired) electrons. The third-order valence-electron chi connectivity index (χ3n) is 3.44. The lowest BCUT2D eigenvalue weighted by molar-refractivity contribution is 0.0973. The van der Waals surface area contributed by atoms with Gasteiger partial charge in [0.1, 0.15) is 5.75 Å². The third kappa shape index (κ3) is 2.78. The number of fused-ring (bicyclic) bond motifs is 1. The quantitative estimate of drug-likeness (QED) is 0.677. The SMILES string of the molecule is COc1ccc2c(ccn2CC(=O)c2cccc(Cl)c2)c1. The number of benzene rings is 2. The summed E-state index contributed by atoms with van der Waals surface area (Å²) in [6.07, 6.45) is 1.91. The normalized spacial score (nSPS) is 10.8. The van der Waals surface area contributed by atoms with Gasteiger partial charge in [0.15, 0.2) is 5.78 Å². The minimum absolute atomic E-state index is 0.0332. The van der Waals surface area contributed by atoms with Crippen LogP contribution in [0, 0.1) is 0 Å². The lowest BCUT2D eigenvalue weighted by Crippen LogP contribution is -2.09. The second-order valence-corrected chi connectivity index (χ2v) is 5.24. The van der Waals surface area contributed by atoms with Crippen molar-refractivity contribution in [1.82, 2.24) is 4.57 Å². The number of methoxy groups -OCH3 is 1. The maximum atomic E-state index is 12.3. The Morgan fingerprint density at radius 3 is 2.81 bits per heavy atom. The third-order valence-corrected chi connectivity index (χ3v) is 3.67. The number of ether oxygens (including phenoxy) is 1. The lowest BCUT2D eigenvalue weighted by atomic mass is 10.1. The van der Waals surface area contributed by atoms with Crippen LogP contribution in [0.2, 0.25) is 5.02 Å². The van der Waals surface area contributed by atoms with Crippen molar-refractivity contribution < 1.29 is 9.53 Å². The molecule has 0 aliphatic carbocycles. The monoisotopic (exact) mass is 299 g/mol. The number of nitrogens with zero attached hydrogens (tertiary/aromatic N) is 1. The Balaban J connectivity index is 1.89. The van der Waals surface area contributed by atoms with Gasteiger partial charge in [0, 0.05) is 27.7 Å². The zero-order valence-electron chi connectivity index (χ0n) is 11.5. The molecule has 0 aliphatic heterocycles. The zero-order valence-corrected chi connectivity index (χ0v) is 12.3. The van der Waals surface area contributed by atoms with E-state index in [4.69, 9.17) is 16.3 Å². The van der Waals surface area contributed by atoms with Gasteiger partial charge in [-0.25, -0.2) is 0 Å². The van der Waals surface area contributed by atoms with Gasteiger partial charge in [0.25, 0.3) is 0 Å². The van der Waals surface area contributed by atoms with Crippen LogP contribution in [-0.4, -0.2) is 17.5 Å². The van der Waals surface area contributed by atoms with E-state index in [1.165, 1.54) is 0 Å². The van der Waals surface area contributed by atoms with Gasteiger partial charge in [0.05, 0.1) is 13.7 Å². The summed E-state index contributed by atoms with van der Waals surface area (Å²) in [5.74, 6) is 0.840. The highest BCUT2D eigenvalue weighted by molar-refractivity contribution is 6.31. The standard InChI is InChI=1S/C17H14ClNO2/c1-21-15-5-6-16-12(10-15)7-8-19(16)11-17(20)13-3-2-4-14(18)9-13/h2-10H,11H2,1H3. The zero-order chi connectivity index (χ0) is 14.8. The van der Waals surface area contributed by atoms with E-state index in [0.717, 1.165) is 16.7 Å². The summed E-state index contributed by atoms with van der Waals surface area (Å²) < 4.78 is 7.13. The number of halogens is 1. The van der Waals surface area contributed by atoms with Crippen molar-refractivity contribution >= 4 is 28.3 Å². The molecule has 0 aliphatic rings. The summed E-state index contributed by atoms with van der Waals surface area (Å²) >= 11 is 5.93. The molecule has 0 bridgehead atoms. The number of carbonyl (C=O) groups excluding carboxylic acids is 1. The van der Waals surface area contributed by atoms with Gasteiger partial charge in [-0.05, 0) is 36.4 Å². The van der Waals surface area contributed by atoms with Crippen molar-refractivity contribution in [2.24, 2.45) is 0 Å². The van der Waals surface area contributed by atoms with Crippen LogP contribution in [0.5, 0.6) is 5.75 Å². The fourth-order valence-electron chi connectivity index (χ4n) is 2.35. The molecule has 106 valence electrons. The summed E-state index contributed by atoms with van der Waals surface area (Å²) in [6, 6.07) is 14.8. The van der Waals surface area contributed by atoms with Crippen LogP contribution in [0.25, 0.3) is 10.9 Å². The Bertz CT molecular complexity index is 807. The molecule has 4 heteroatoms. The number of hydrogen-bond donors (Lipinski definition) is 0. The van der Waals surface area contributed by atoms with Crippen molar-refractivity contribution in [2.75, 3.05) is 7.11 Å². The van der Waals surface area contributed by atoms with Gasteiger partial charge in [-0.15, -0.1) is 0 Å². The summed E-state index contributed by atoms with van der Waals surface area (Å²) in [5.41, 5.74) is 1.63. The summed E-state index contributed by atoms with van der Waals surface area (Å²) in [7, 11) is 1.64. The van der Waals surface area contributed by atoms with E-state index >= 15 is 0 Å².